The molecule has 0 spiro atoms. The van der Waals surface area contributed by atoms with Crippen molar-refractivity contribution in [2.75, 3.05) is 14.2 Å². The first-order chi connectivity index (χ1) is 9.11. The lowest BCUT2D eigenvalue weighted by molar-refractivity contribution is 0.306. The third-order valence-electron chi connectivity index (χ3n) is 3.24. The zero-order valence-corrected chi connectivity index (χ0v) is 11.9. The van der Waals surface area contributed by atoms with Crippen molar-refractivity contribution in [3.63, 3.8) is 0 Å². The van der Waals surface area contributed by atoms with Crippen molar-refractivity contribution in [1.82, 2.24) is 10.1 Å². The summed E-state index contributed by atoms with van der Waals surface area (Å²) in [6.45, 7) is 5.57. The second kappa shape index (κ2) is 5.89. The van der Waals surface area contributed by atoms with Crippen LogP contribution in [-0.2, 0) is 13.1 Å². The van der Waals surface area contributed by atoms with Crippen LogP contribution in [0.1, 0.15) is 22.6 Å². The summed E-state index contributed by atoms with van der Waals surface area (Å²) in [5.74, 6) is 1.82. The average molecular weight is 260 g/mol. The van der Waals surface area contributed by atoms with Crippen molar-refractivity contribution in [2.24, 2.45) is 0 Å². The summed E-state index contributed by atoms with van der Waals surface area (Å²) in [4.78, 5) is 2.23. The molecule has 1 aromatic carbocycles. The molecule has 19 heavy (non-hydrogen) atoms. The van der Waals surface area contributed by atoms with E-state index >= 15 is 0 Å². The predicted molar refractivity (Wildman–Crippen MR) is 74.1 cm³/mol. The summed E-state index contributed by atoms with van der Waals surface area (Å²) in [6, 6.07) is 8.08. The average Bonchev–Trinajstić information content (AvgIpc) is 2.71. The van der Waals surface area contributed by atoms with Crippen molar-refractivity contribution in [3.05, 3.63) is 46.8 Å². The van der Waals surface area contributed by atoms with Crippen LogP contribution in [-0.4, -0.2) is 24.2 Å². The van der Waals surface area contributed by atoms with Crippen LogP contribution in [0.25, 0.3) is 0 Å². The van der Waals surface area contributed by atoms with Gasteiger partial charge in [-0.05, 0) is 27.0 Å². The first-order valence-corrected chi connectivity index (χ1v) is 6.34. The molecule has 4 heteroatoms. The van der Waals surface area contributed by atoms with Gasteiger partial charge in [-0.25, -0.2) is 0 Å². The number of rotatable bonds is 5. The maximum Gasteiger partial charge on any atom is 0.138 e. The van der Waals surface area contributed by atoms with E-state index in [-0.39, 0.29) is 0 Å². The van der Waals surface area contributed by atoms with E-state index in [0.717, 1.165) is 35.9 Å². The molecule has 0 aliphatic carbocycles. The third kappa shape index (κ3) is 3.15. The normalized spacial score (nSPS) is 11.0. The number of ether oxygens (including phenoxy) is 1. The van der Waals surface area contributed by atoms with Crippen molar-refractivity contribution in [1.29, 1.82) is 0 Å². The van der Waals surface area contributed by atoms with Crippen LogP contribution in [0, 0.1) is 13.8 Å². The Morgan fingerprint density at radius 3 is 2.58 bits per heavy atom. The summed E-state index contributed by atoms with van der Waals surface area (Å²) >= 11 is 0. The van der Waals surface area contributed by atoms with E-state index in [1.54, 1.807) is 7.11 Å². The maximum atomic E-state index is 5.37. The molecule has 0 unspecified atom stereocenters. The Bertz CT molecular complexity index is 529. The second-order valence-corrected chi connectivity index (χ2v) is 4.79. The van der Waals surface area contributed by atoms with Crippen molar-refractivity contribution in [2.45, 2.75) is 26.9 Å². The minimum absolute atomic E-state index is 0.819. The highest BCUT2D eigenvalue weighted by Crippen LogP contribution is 2.21. The van der Waals surface area contributed by atoms with Gasteiger partial charge in [0.2, 0.25) is 0 Å². The molecule has 102 valence electrons. The Balaban J connectivity index is 2.07. The first-order valence-electron chi connectivity index (χ1n) is 6.34. The van der Waals surface area contributed by atoms with E-state index in [9.17, 15) is 0 Å². The third-order valence-corrected chi connectivity index (χ3v) is 3.24. The Hall–Kier alpha value is -1.81. The summed E-state index contributed by atoms with van der Waals surface area (Å²) < 4.78 is 10.6. The molecular formula is C15H20N2O2. The highest BCUT2D eigenvalue weighted by molar-refractivity contribution is 5.33. The van der Waals surface area contributed by atoms with Gasteiger partial charge in [0.25, 0.3) is 0 Å². The molecule has 4 nitrogen and oxygen atoms in total. The zero-order valence-electron chi connectivity index (χ0n) is 11.9. The number of hydrogen-bond donors (Lipinski definition) is 0. The minimum atomic E-state index is 0.819. The molecule has 1 heterocycles. The van der Waals surface area contributed by atoms with Gasteiger partial charge in [0.05, 0.1) is 12.8 Å². The second-order valence-electron chi connectivity index (χ2n) is 4.79. The van der Waals surface area contributed by atoms with Crippen molar-refractivity contribution in [3.8, 4) is 5.75 Å². The maximum absolute atomic E-state index is 5.37. The standard InChI is InChI=1S/C15H20N2O2/c1-11-14(12(2)19-16-11)10-17(3)9-13-7-5-6-8-15(13)18-4/h5-8H,9-10H2,1-4H3. The molecule has 2 rings (SSSR count). The van der Waals surface area contributed by atoms with Crippen molar-refractivity contribution >= 4 is 0 Å². The van der Waals surface area contributed by atoms with Gasteiger partial charge in [-0.3, -0.25) is 4.90 Å². The highest BCUT2D eigenvalue weighted by Gasteiger charge is 2.12. The summed E-state index contributed by atoms with van der Waals surface area (Å²) in [6.07, 6.45) is 0. The van der Waals surface area contributed by atoms with E-state index in [2.05, 4.69) is 23.2 Å². The molecule has 0 aliphatic rings. The number of methoxy groups -OCH3 is 1. The van der Waals surface area contributed by atoms with Crippen LogP contribution in [0.4, 0.5) is 0 Å². The zero-order chi connectivity index (χ0) is 13.8. The van der Waals surface area contributed by atoms with E-state index in [0.29, 0.717) is 0 Å². The van der Waals surface area contributed by atoms with Crippen LogP contribution in [0.5, 0.6) is 5.75 Å². The highest BCUT2D eigenvalue weighted by atomic mass is 16.5. The van der Waals surface area contributed by atoms with E-state index in [1.165, 1.54) is 5.56 Å². The lowest BCUT2D eigenvalue weighted by Crippen LogP contribution is -2.18. The summed E-state index contributed by atoms with van der Waals surface area (Å²) in [5.41, 5.74) is 3.31. The van der Waals surface area contributed by atoms with Crippen LogP contribution in [0.15, 0.2) is 28.8 Å². The number of aromatic nitrogens is 1. The summed E-state index contributed by atoms with van der Waals surface area (Å²) in [5, 5.41) is 3.98. The quantitative estimate of drug-likeness (QED) is 0.828. The Kier molecular flexibility index (Phi) is 4.22. The first kappa shape index (κ1) is 13.6. The fourth-order valence-electron chi connectivity index (χ4n) is 2.18. The Morgan fingerprint density at radius 2 is 1.95 bits per heavy atom. The van der Waals surface area contributed by atoms with E-state index in [4.69, 9.17) is 9.26 Å². The van der Waals surface area contributed by atoms with Gasteiger partial charge in [-0.1, -0.05) is 23.4 Å². The topological polar surface area (TPSA) is 38.5 Å². The molecule has 0 aliphatic heterocycles. The SMILES string of the molecule is COc1ccccc1CN(C)Cc1c(C)noc1C. The van der Waals surface area contributed by atoms with E-state index < -0.39 is 0 Å². The molecule has 0 radical (unpaired) electrons. The smallest absolute Gasteiger partial charge is 0.138 e. The van der Waals surface area contributed by atoms with Crippen LogP contribution < -0.4 is 4.74 Å². The lowest BCUT2D eigenvalue weighted by atomic mass is 10.1. The molecule has 0 N–H and O–H groups in total. The van der Waals surface area contributed by atoms with Gasteiger partial charge in [0.1, 0.15) is 11.5 Å². The lowest BCUT2D eigenvalue weighted by Gasteiger charge is -2.18. The fourth-order valence-corrected chi connectivity index (χ4v) is 2.18. The van der Waals surface area contributed by atoms with Crippen LogP contribution >= 0.6 is 0 Å². The van der Waals surface area contributed by atoms with Gasteiger partial charge >= 0.3 is 0 Å². The predicted octanol–water partition coefficient (Wildman–Crippen LogP) is 2.93. The van der Waals surface area contributed by atoms with Gasteiger partial charge in [-0.2, -0.15) is 0 Å². The molecule has 0 bridgehead atoms. The molecule has 0 saturated carbocycles. The molecule has 0 amide bonds. The largest absolute Gasteiger partial charge is 0.496 e. The molecule has 0 atom stereocenters. The number of para-hydroxylation sites is 1. The molecule has 1 aromatic heterocycles. The van der Waals surface area contributed by atoms with Gasteiger partial charge in [-0.15, -0.1) is 0 Å². The van der Waals surface area contributed by atoms with Crippen molar-refractivity contribution < 1.29 is 9.26 Å². The van der Waals surface area contributed by atoms with E-state index in [1.807, 2.05) is 32.0 Å². The molecule has 0 saturated heterocycles. The Morgan fingerprint density at radius 1 is 1.21 bits per heavy atom. The van der Waals surface area contributed by atoms with Crippen LogP contribution in [0.3, 0.4) is 0 Å². The molecule has 2 aromatic rings. The molecular weight excluding hydrogens is 240 g/mol. The molecule has 0 fully saturated rings. The fraction of sp³-hybridized carbons (Fsp3) is 0.400. The minimum Gasteiger partial charge on any atom is -0.496 e. The van der Waals surface area contributed by atoms with Crippen LogP contribution in [0.2, 0.25) is 0 Å². The number of benzene rings is 1. The summed E-state index contributed by atoms with van der Waals surface area (Å²) in [7, 11) is 3.78. The number of aryl methyl sites for hydroxylation is 2. The van der Waals surface area contributed by atoms with Gasteiger partial charge in [0, 0.05) is 24.2 Å². The van der Waals surface area contributed by atoms with Gasteiger partial charge in [0.15, 0.2) is 0 Å². The Labute approximate surface area is 114 Å². The number of nitrogens with zero attached hydrogens (tertiary/aromatic N) is 2. The number of hydrogen-bond acceptors (Lipinski definition) is 4. The van der Waals surface area contributed by atoms with Gasteiger partial charge < -0.3 is 9.26 Å². The monoisotopic (exact) mass is 260 g/mol.